The Morgan fingerprint density at radius 3 is 2.70 bits per heavy atom. The van der Waals surface area contributed by atoms with Crippen molar-refractivity contribution in [1.82, 2.24) is 14.5 Å². The van der Waals surface area contributed by atoms with Crippen LogP contribution in [-0.2, 0) is 24.2 Å². The second kappa shape index (κ2) is 8.21. The molecule has 0 radical (unpaired) electrons. The van der Waals surface area contributed by atoms with Crippen LogP contribution < -0.4 is 0 Å². The lowest BCUT2D eigenvalue weighted by molar-refractivity contribution is -0.134. The largest absolute Gasteiger partial charge is 0.337 e. The van der Waals surface area contributed by atoms with E-state index in [0.29, 0.717) is 6.42 Å². The number of imidazole rings is 1. The van der Waals surface area contributed by atoms with Gasteiger partial charge in [-0.15, -0.1) is 0 Å². The van der Waals surface area contributed by atoms with Gasteiger partial charge in [0.25, 0.3) is 0 Å². The van der Waals surface area contributed by atoms with E-state index in [1.165, 1.54) is 16.7 Å². The first-order valence-electron chi connectivity index (χ1n) is 9.68. The van der Waals surface area contributed by atoms with Crippen molar-refractivity contribution in [3.63, 3.8) is 0 Å². The molecule has 1 amide bonds. The van der Waals surface area contributed by atoms with Crippen molar-refractivity contribution < 1.29 is 4.79 Å². The first-order valence-corrected chi connectivity index (χ1v) is 9.68. The number of hydrogen-bond acceptors (Lipinski definition) is 2. The molecule has 0 spiro atoms. The maximum Gasteiger partial charge on any atom is 0.223 e. The number of aromatic nitrogens is 2. The monoisotopic (exact) mass is 359 g/mol. The van der Waals surface area contributed by atoms with Crippen molar-refractivity contribution in [3.8, 4) is 0 Å². The van der Waals surface area contributed by atoms with E-state index in [1.807, 2.05) is 16.8 Å². The number of nitrogens with zero attached hydrogens (tertiary/aromatic N) is 3. The van der Waals surface area contributed by atoms with E-state index >= 15 is 0 Å². The Bertz CT molecular complexity index is 874. The summed E-state index contributed by atoms with van der Waals surface area (Å²) in [5.74, 6) is 0.255. The molecule has 1 aliphatic heterocycles. The van der Waals surface area contributed by atoms with E-state index in [9.17, 15) is 4.79 Å². The molecule has 27 heavy (non-hydrogen) atoms. The number of aryl methyl sites for hydroxylation is 1. The van der Waals surface area contributed by atoms with Gasteiger partial charge in [0.1, 0.15) is 0 Å². The average Bonchev–Trinajstić information content (AvgIpc) is 3.22. The van der Waals surface area contributed by atoms with Crippen molar-refractivity contribution >= 4 is 5.91 Å². The molecule has 2 aromatic carbocycles. The van der Waals surface area contributed by atoms with Crippen LogP contribution in [0.2, 0.25) is 0 Å². The van der Waals surface area contributed by atoms with Gasteiger partial charge < -0.3 is 9.47 Å². The van der Waals surface area contributed by atoms with Gasteiger partial charge in [-0.2, -0.15) is 0 Å². The Balaban J connectivity index is 1.50. The molecular formula is C23H25N3O. The third-order valence-electron chi connectivity index (χ3n) is 5.37. The molecular weight excluding hydrogens is 334 g/mol. The second-order valence-corrected chi connectivity index (χ2v) is 7.15. The lowest BCUT2D eigenvalue weighted by Crippen LogP contribution is -2.41. The average molecular weight is 359 g/mol. The zero-order chi connectivity index (χ0) is 18.5. The number of amides is 1. The van der Waals surface area contributed by atoms with Gasteiger partial charge in [0.15, 0.2) is 0 Å². The predicted octanol–water partition coefficient (Wildman–Crippen LogP) is 4.03. The highest BCUT2D eigenvalue weighted by atomic mass is 16.2. The number of carbonyl (C=O) groups is 1. The van der Waals surface area contributed by atoms with Crippen LogP contribution in [0, 0.1) is 0 Å². The topological polar surface area (TPSA) is 38.1 Å². The Labute approximate surface area is 160 Å². The van der Waals surface area contributed by atoms with Crippen LogP contribution in [0.5, 0.6) is 0 Å². The Hall–Kier alpha value is -2.88. The molecule has 0 saturated carbocycles. The molecule has 0 fully saturated rings. The van der Waals surface area contributed by atoms with Crippen LogP contribution in [0.4, 0.5) is 0 Å². The number of rotatable bonds is 6. The first-order chi connectivity index (χ1) is 13.3. The number of benzene rings is 2. The van der Waals surface area contributed by atoms with Crippen LogP contribution >= 0.6 is 0 Å². The van der Waals surface area contributed by atoms with Crippen LogP contribution in [-0.4, -0.2) is 26.9 Å². The molecule has 1 aliphatic rings. The number of carbonyl (C=O) groups excluding carboxylic acids is 1. The molecule has 1 atom stereocenters. The summed E-state index contributed by atoms with van der Waals surface area (Å²) < 4.78 is 2.03. The molecule has 0 saturated heterocycles. The minimum atomic E-state index is 0.123. The fraction of sp³-hybridized carbons (Fsp3) is 0.304. The van der Waals surface area contributed by atoms with Crippen molar-refractivity contribution in [2.75, 3.05) is 6.54 Å². The molecule has 3 aromatic rings. The van der Waals surface area contributed by atoms with Gasteiger partial charge in [-0.3, -0.25) is 4.79 Å². The zero-order valence-electron chi connectivity index (χ0n) is 15.5. The fourth-order valence-electron chi connectivity index (χ4n) is 3.98. The summed E-state index contributed by atoms with van der Waals surface area (Å²) in [7, 11) is 0. The number of hydrogen-bond donors (Lipinski definition) is 0. The predicted molar refractivity (Wildman–Crippen MR) is 106 cm³/mol. The maximum absolute atomic E-state index is 13.0. The van der Waals surface area contributed by atoms with Gasteiger partial charge in [-0.1, -0.05) is 54.6 Å². The third kappa shape index (κ3) is 4.11. The minimum absolute atomic E-state index is 0.123. The molecule has 1 aromatic heterocycles. The summed E-state index contributed by atoms with van der Waals surface area (Å²) in [5, 5.41) is 0. The third-order valence-corrected chi connectivity index (χ3v) is 5.37. The number of fused-ring (bicyclic) bond motifs is 1. The SMILES string of the molecule is O=C(CCCn1ccnc1)N1CCc2ccccc2[C@@H]1Cc1ccccc1. The van der Waals surface area contributed by atoms with Gasteiger partial charge in [-0.05, 0) is 36.0 Å². The quantitative estimate of drug-likeness (QED) is 0.666. The maximum atomic E-state index is 13.0. The van der Waals surface area contributed by atoms with Gasteiger partial charge in [-0.25, -0.2) is 4.98 Å². The minimum Gasteiger partial charge on any atom is -0.337 e. The summed E-state index contributed by atoms with van der Waals surface area (Å²) in [6.07, 6.45) is 8.75. The van der Waals surface area contributed by atoms with E-state index < -0.39 is 0 Å². The molecule has 0 bridgehead atoms. The van der Waals surface area contributed by atoms with Gasteiger partial charge in [0.05, 0.1) is 12.4 Å². The summed E-state index contributed by atoms with van der Waals surface area (Å²) >= 11 is 0. The molecule has 138 valence electrons. The Morgan fingerprint density at radius 2 is 1.89 bits per heavy atom. The normalized spacial score (nSPS) is 16.1. The highest BCUT2D eigenvalue weighted by molar-refractivity contribution is 5.77. The van der Waals surface area contributed by atoms with Gasteiger partial charge >= 0.3 is 0 Å². The van der Waals surface area contributed by atoms with Crippen molar-refractivity contribution in [3.05, 3.63) is 90.0 Å². The molecule has 0 unspecified atom stereocenters. The van der Waals surface area contributed by atoms with Crippen molar-refractivity contribution in [1.29, 1.82) is 0 Å². The van der Waals surface area contributed by atoms with E-state index in [0.717, 1.165) is 32.4 Å². The molecule has 4 nitrogen and oxygen atoms in total. The molecule has 4 rings (SSSR count). The molecule has 0 N–H and O–H groups in total. The molecule has 4 heteroatoms. The standard InChI is InChI=1S/C23H25N3O/c27-23(11-6-14-25-16-13-24-18-25)26-15-12-20-9-4-5-10-21(20)22(26)17-19-7-2-1-3-8-19/h1-5,7-10,13,16,18,22H,6,11-12,14-15,17H2/t22-/m0/s1. The zero-order valence-corrected chi connectivity index (χ0v) is 15.5. The van der Waals surface area contributed by atoms with Gasteiger partial charge in [0, 0.05) is 31.9 Å². The van der Waals surface area contributed by atoms with E-state index in [4.69, 9.17) is 0 Å². The molecule has 0 aliphatic carbocycles. The first kappa shape index (κ1) is 17.5. The summed E-state index contributed by atoms with van der Waals surface area (Å²) in [6.45, 7) is 1.64. The van der Waals surface area contributed by atoms with E-state index in [-0.39, 0.29) is 11.9 Å². The van der Waals surface area contributed by atoms with Crippen LogP contribution in [0.1, 0.15) is 35.6 Å². The smallest absolute Gasteiger partial charge is 0.223 e. The summed E-state index contributed by atoms with van der Waals surface area (Å²) in [5.41, 5.74) is 3.95. The highest BCUT2D eigenvalue weighted by Gasteiger charge is 2.30. The Kier molecular flexibility index (Phi) is 5.33. The second-order valence-electron chi connectivity index (χ2n) is 7.15. The summed E-state index contributed by atoms with van der Waals surface area (Å²) in [4.78, 5) is 19.2. The van der Waals surface area contributed by atoms with Crippen LogP contribution in [0.3, 0.4) is 0 Å². The van der Waals surface area contributed by atoms with Crippen LogP contribution in [0.25, 0.3) is 0 Å². The van der Waals surface area contributed by atoms with Gasteiger partial charge in [0.2, 0.25) is 5.91 Å². The van der Waals surface area contributed by atoms with E-state index in [2.05, 4.69) is 58.4 Å². The summed E-state index contributed by atoms with van der Waals surface area (Å²) in [6, 6.07) is 19.2. The molecule has 2 heterocycles. The van der Waals surface area contributed by atoms with Crippen molar-refractivity contribution in [2.24, 2.45) is 0 Å². The van der Waals surface area contributed by atoms with E-state index in [1.54, 1.807) is 12.5 Å². The fourth-order valence-corrected chi connectivity index (χ4v) is 3.98. The lowest BCUT2D eigenvalue weighted by atomic mass is 9.88. The Morgan fingerprint density at radius 1 is 1.07 bits per heavy atom. The van der Waals surface area contributed by atoms with Crippen molar-refractivity contribution in [2.45, 2.75) is 38.3 Å². The van der Waals surface area contributed by atoms with Crippen LogP contribution in [0.15, 0.2) is 73.3 Å². The lowest BCUT2D eigenvalue weighted by Gasteiger charge is -2.38. The highest BCUT2D eigenvalue weighted by Crippen LogP contribution is 2.33.